The first-order chi connectivity index (χ1) is 9.19. The van der Waals surface area contributed by atoms with Gasteiger partial charge < -0.3 is 10.2 Å². The van der Waals surface area contributed by atoms with Gasteiger partial charge in [0.2, 0.25) is 0 Å². The van der Waals surface area contributed by atoms with Gasteiger partial charge in [-0.15, -0.1) is 0 Å². The SMILES string of the molecule is CNCc1cc(C)nc(N(C)Cc2ccccc2)c1. The second-order valence-corrected chi connectivity index (χ2v) is 4.85. The molecule has 0 atom stereocenters. The molecule has 0 saturated carbocycles. The highest BCUT2D eigenvalue weighted by Crippen LogP contribution is 2.16. The van der Waals surface area contributed by atoms with Crippen LogP contribution in [0.1, 0.15) is 16.8 Å². The van der Waals surface area contributed by atoms with Crippen molar-refractivity contribution in [1.29, 1.82) is 0 Å². The van der Waals surface area contributed by atoms with Crippen molar-refractivity contribution < 1.29 is 0 Å². The van der Waals surface area contributed by atoms with Crippen LogP contribution in [0.4, 0.5) is 5.82 Å². The molecule has 0 aliphatic rings. The Bertz CT molecular complexity index is 523. The molecular weight excluding hydrogens is 234 g/mol. The molecule has 0 spiro atoms. The fourth-order valence-corrected chi connectivity index (χ4v) is 2.16. The third-order valence-corrected chi connectivity index (χ3v) is 3.03. The number of nitrogens with one attached hydrogen (secondary N) is 1. The molecule has 1 aromatic carbocycles. The van der Waals surface area contributed by atoms with Crippen molar-refractivity contribution in [3.63, 3.8) is 0 Å². The summed E-state index contributed by atoms with van der Waals surface area (Å²) in [6, 6.07) is 14.7. The monoisotopic (exact) mass is 255 g/mol. The van der Waals surface area contributed by atoms with Crippen LogP contribution < -0.4 is 10.2 Å². The summed E-state index contributed by atoms with van der Waals surface area (Å²) in [5.74, 6) is 1.02. The summed E-state index contributed by atoms with van der Waals surface area (Å²) in [4.78, 5) is 6.79. The molecule has 0 aliphatic heterocycles. The third kappa shape index (κ3) is 3.80. The highest BCUT2D eigenvalue weighted by molar-refractivity contribution is 5.42. The minimum atomic E-state index is 0.871. The zero-order chi connectivity index (χ0) is 13.7. The number of pyridine rings is 1. The Hall–Kier alpha value is -1.87. The van der Waals surface area contributed by atoms with Gasteiger partial charge in [0.1, 0.15) is 5.82 Å². The van der Waals surface area contributed by atoms with E-state index in [4.69, 9.17) is 0 Å². The predicted molar refractivity (Wildman–Crippen MR) is 80.3 cm³/mol. The molecule has 1 N–H and O–H groups in total. The fourth-order valence-electron chi connectivity index (χ4n) is 2.16. The zero-order valence-electron chi connectivity index (χ0n) is 11.9. The lowest BCUT2D eigenvalue weighted by Crippen LogP contribution is -2.18. The van der Waals surface area contributed by atoms with Crippen LogP contribution in [0.2, 0.25) is 0 Å². The summed E-state index contributed by atoms with van der Waals surface area (Å²) in [5, 5.41) is 3.18. The molecule has 0 amide bonds. The van der Waals surface area contributed by atoms with E-state index in [2.05, 4.69) is 58.6 Å². The van der Waals surface area contributed by atoms with Gasteiger partial charge in [0.25, 0.3) is 0 Å². The summed E-state index contributed by atoms with van der Waals surface area (Å²) >= 11 is 0. The summed E-state index contributed by atoms with van der Waals surface area (Å²) < 4.78 is 0. The van der Waals surface area contributed by atoms with E-state index in [0.29, 0.717) is 0 Å². The van der Waals surface area contributed by atoms with E-state index in [1.807, 2.05) is 20.0 Å². The molecule has 100 valence electrons. The number of hydrogen-bond donors (Lipinski definition) is 1. The molecule has 19 heavy (non-hydrogen) atoms. The van der Waals surface area contributed by atoms with Crippen LogP contribution in [0.5, 0.6) is 0 Å². The van der Waals surface area contributed by atoms with Crippen molar-refractivity contribution in [2.45, 2.75) is 20.0 Å². The van der Waals surface area contributed by atoms with E-state index in [-0.39, 0.29) is 0 Å². The summed E-state index contributed by atoms with van der Waals surface area (Å²) in [6.45, 7) is 3.78. The first-order valence-corrected chi connectivity index (χ1v) is 6.56. The van der Waals surface area contributed by atoms with Crippen LogP contribution in [0.15, 0.2) is 42.5 Å². The van der Waals surface area contributed by atoms with Crippen LogP contribution in [-0.4, -0.2) is 19.1 Å². The lowest BCUT2D eigenvalue weighted by Gasteiger charge is -2.19. The van der Waals surface area contributed by atoms with Gasteiger partial charge in [-0.3, -0.25) is 0 Å². The van der Waals surface area contributed by atoms with Crippen LogP contribution in [0, 0.1) is 6.92 Å². The van der Waals surface area contributed by atoms with Crippen molar-refractivity contribution in [2.75, 3.05) is 19.0 Å². The molecule has 1 aromatic heterocycles. The van der Waals surface area contributed by atoms with Crippen LogP contribution in [-0.2, 0) is 13.1 Å². The molecule has 0 unspecified atom stereocenters. The van der Waals surface area contributed by atoms with E-state index in [1.54, 1.807) is 0 Å². The molecule has 1 heterocycles. The number of aromatic nitrogens is 1. The largest absolute Gasteiger partial charge is 0.355 e. The van der Waals surface area contributed by atoms with E-state index in [0.717, 1.165) is 24.6 Å². The lowest BCUT2D eigenvalue weighted by molar-refractivity contribution is 0.809. The normalized spacial score (nSPS) is 10.5. The lowest BCUT2D eigenvalue weighted by atomic mass is 10.2. The maximum Gasteiger partial charge on any atom is 0.129 e. The summed E-state index contributed by atoms with van der Waals surface area (Å²) in [5.41, 5.74) is 3.62. The molecule has 2 rings (SSSR count). The van der Waals surface area contributed by atoms with E-state index in [9.17, 15) is 0 Å². The number of rotatable bonds is 5. The fraction of sp³-hybridized carbons (Fsp3) is 0.312. The summed E-state index contributed by atoms with van der Waals surface area (Å²) in [6.07, 6.45) is 0. The van der Waals surface area contributed by atoms with Gasteiger partial charge in [-0.05, 0) is 37.2 Å². The molecule has 0 bridgehead atoms. The van der Waals surface area contributed by atoms with E-state index < -0.39 is 0 Å². The van der Waals surface area contributed by atoms with Gasteiger partial charge in [0.15, 0.2) is 0 Å². The Kier molecular flexibility index (Phi) is 4.53. The van der Waals surface area contributed by atoms with Crippen molar-refractivity contribution in [3.8, 4) is 0 Å². The van der Waals surface area contributed by atoms with Crippen molar-refractivity contribution in [2.24, 2.45) is 0 Å². The van der Waals surface area contributed by atoms with Crippen LogP contribution in [0.3, 0.4) is 0 Å². The van der Waals surface area contributed by atoms with Gasteiger partial charge >= 0.3 is 0 Å². The highest BCUT2D eigenvalue weighted by atomic mass is 15.2. The molecular formula is C16H21N3. The molecule has 0 aliphatic carbocycles. The van der Waals surface area contributed by atoms with Crippen molar-refractivity contribution in [1.82, 2.24) is 10.3 Å². The van der Waals surface area contributed by atoms with Crippen molar-refractivity contribution in [3.05, 3.63) is 59.3 Å². The molecule has 0 radical (unpaired) electrons. The number of nitrogens with zero attached hydrogens (tertiary/aromatic N) is 2. The van der Waals surface area contributed by atoms with Gasteiger partial charge in [0.05, 0.1) is 0 Å². The van der Waals surface area contributed by atoms with Gasteiger partial charge in [0, 0.05) is 25.8 Å². The first-order valence-electron chi connectivity index (χ1n) is 6.56. The average Bonchev–Trinajstić information content (AvgIpc) is 2.39. The van der Waals surface area contributed by atoms with Crippen LogP contribution in [0.25, 0.3) is 0 Å². The third-order valence-electron chi connectivity index (χ3n) is 3.03. The smallest absolute Gasteiger partial charge is 0.129 e. The first kappa shape index (κ1) is 13.6. The van der Waals surface area contributed by atoms with Gasteiger partial charge in [-0.1, -0.05) is 30.3 Å². The minimum Gasteiger partial charge on any atom is -0.355 e. The summed E-state index contributed by atoms with van der Waals surface area (Å²) in [7, 11) is 4.04. The highest BCUT2D eigenvalue weighted by Gasteiger charge is 2.06. The Morgan fingerprint density at radius 1 is 1.11 bits per heavy atom. The maximum atomic E-state index is 4.61. The maximum absolute atomic E-state index is 4.61. The second-order valence-electron chi connectivity index (χ2n) is 4.85. The Morgan fingerprint density at radius 3 is 2.53 bits per heavy atom. The van der Waals surface area contributed by atoms with Gasteiger partial charge in [-0.2, -0.15) is 0 Å². The molecule has 0 fully saturated rings. The Labute approximate surface area is 115 Å². The minimum absolute atomic E-state index is 0.871. The van der Waals surface area contributed by atoms with E-state index >= 15 is 0 Å². The Morgan fingerprint density at radius 2 is 1.84 bits per heavy atom. The quantitative estimate of drug-likeness (QED) is 0.890. The number of anilines is 1. The predicted octanol–water partition coefficient (Wildman–Crippen LogP) is 2.75. The average molecular weight is 255 g/mol. The molecule has 3 nitrogen and oxygen atoms in total. The second kappa shape index (κ2) is 6.34. The molecule has 2 aromatic rings. The Balaban J connectivity index is 2.16. The number of hydrogen-bond acceptors (Lipinski definition) is 3. The van der Waals surface area contributed by atoms with Crippen molar-refractivity contribution >= 4 is 5.82 Å². The molecule has 3 heteroatoms. The molecule has 0 saturated heterocycles. The zero-order valence-corrected chi connectivity index (χ0v) is 11.9. The standard InChI is InChI=1S/C16H21N3/c1-13-9-15(11-17-2)10-16(18-13)19(3)12-14-7-5-4-6-8-14/h4-10,17H,11-12H2,1-3H3. The topological polar surface area (TPSA) is 28.2 Å². The number of benzene rings is 1. The number of aryl methyl sites for hydroxylation is 1. The van der Waals surface area contributed by atoms with Crippen LogP contribution >= 0.6 is 0 Å². The van der Waals surface area contributed by atoms with E-state index in [1.165, 1.54) is 11.1 Å². The van der Waals surface area contributed by atoms with Gasteiger partial charge in [-0.25, -0.2) is 4.98 Å².